The summed E-state index contributed by atoms with van der Waals surface area (Å²) in [7, 11) is 0. The summed E-state index contributed by atoms with van der Waals surface area (Å²) >= 11 is 8.69. The van der Waals surface area contributed by atoms with Crippen molar-refractivity contribution in [3.05, 3.63) is 34.6 Å². The number of hydrogen-bond donors (Lipinski definition) is 0. The van der Waals surface area contributed by atoms with E-state index in [0.717, 1.165) is 21.5 Å². The normalized spacial score (nSPS) is 10.2. The van der Waals surface area contributed by atoms with E-state index in [-0.39, 0.29) is 0 Å². The van der Waals surface area contributed by atoms with Crippen molar-refractivity contribution in [3.8, 4) is 6.07 Å². The van der Waals surface area contributed by atoms with Crippen LogP contribution < -0.4 is 0 Å². The largest absolute Gasteiger partial charge is 0.213 e. The summed E-state index contributed by atoms with van der Waals surface area (Å²) in [5.74, 6) is 0.832. The predicted octanol–water partition coefficient (Wildman–Crippen LogP) is 3.78. The van der Waals surface area contributed by atoms with Crippen molar-refractivity contribution < 1.29 is 0 Å². The fourth-order valence-corrected chi connectivity index (χ4v) is 3.21. The number of hydrogen-bond acceptors (Lipinski definition) is 5. The van der Waals surface area contributed by atoms with Crippen molar-refractivity contribution in [1.29, 1.82) is 5.26 Å². The van der Waals surface area contributed by atoms with E-state index < -0.39 is 0 Å². The van der Waals surface area contributed by atoms with E-state index in [9.17, 15) is 0 Å². The zero-order valence-corrected chi connectivity index (χ0v) is 11.4. The third-order valence-corrected chi connectivity index (χ3v) is 4.11. The first-order chi connectivity index (χ1) is 8.22. The van der Waals surface area contributed by atoms with Gasteiger partial charge in [0, 0.05) is 16.3 Å². The Hall–Kier alpha value is -1.09. The lowest BCUT2D eigenvalue weighted by molar-refractivity contribution is 0.971. The molecular formula is C11H8ClN3S2. The molecule has 0 fully saturated rings. The third-order valence-electron chi connectivity index (χ3n) is 2.03. The molecule has 0 spiro atoms. The van der Waals surface area contributed by atoms with Crippen LogP contribution in [0.1, 0.15) is 18.3 Å². The standard InChI is InChI=1S/C11H8ClN3S2/c1-2-10-14-11(17-15-10)16-9-5-8(12)4-3-7(9)6-13/h3-5H,2H2,1H3. The fraction of sp³-hybridized carbons (Fsp3) is 0.182. The minimum Gasteiger partial charge on any atom is -0.213 e. The van der Waals surface area contributed by atoms with Gasteiger partial charge in [-0.1, -0.05) is 30.3 Å². The zero-order chi connectivity index (χ0) is 12.3. The minimum atomic E-state index is 0.604. The highest BCUT2D eigenvalue weighted by Gasteiger charge is 2.09. The van der Waals surface area contributed by atoms with E-state index in [4.69, 9.17) is 16.9 Å². The summed E-state index contributed by atoms with van der Waals surface area (Å²) in [4.78, 5) is 5.17. The molecule has 3 nitrogen and oxygen atoms in total. The Labute approximate surface area is 113 Å². The quantitative estimate of drug-likeness (QED) is 0.859. The van der Waals surface area contributed by atoms with Gasteiger partial charge in [-0.05, 0) is 29.7 Å². The molecule has 0 aliphatic rings. The topological polar surface area (TPSA) is 49.6 Å². The van der Waals surface area contributed by atoms with E-state index in [1.807, 2.05) is 6.92 Å². The second kappa shape index (κ2) is 5.50. The van der Waals surface area contributed by atoms with Crippen LogP contribution in [0.5, 0.6) is 0 Å². The van der Waals surface area contributed by atoms with E-state index in [2.05, 4.69) is 15.4 Å². The van der Waals surface area contributed by atoms with E-state index in [0.29, 0.717) is 10.6 Å². The molecule has 0 saturated heterocycles. The lowest BCUT2D eigenvalue weighted by atomic mass is 10.2. The second-order valence-corrected chi connectivity index (χ2v) is 5.66. The lowest BCUT2D eigenvalue weighted by Gasteiger charge is -2.00. The molecule has 2 rings (SSSR count). The number of rotatable bonds is 3. The van der Waals surface area contributed by atoms with Crippen LogP contribution in [0.4, 0.5) is 0 Å². The molecular weight excluding hydrogens is 274 g/mol. The van der Waals surface area contributed by atoms with Gasteiger partial charge in [-0.25, -0.2) is 4.98 Å². The Morgan fingerprint density at radius 1 is 1.53 bits per heavy atom. The van der Waals surface area contributed by atoms with Gasteiger partial charge in [0.05, 0.1) is 5.56 Å². The van der Waals surface area contributed by atoms with E-state index >= 15 is 0 Å². The molecule has 0 N–H and O–H groups in total. The van der Waals surface area contributed by atoms with Gasteiger partial charge in [-0.3, -0.25) is 0 Å². The van der Waals surface area contributed by atoms with Gasteiger partial charge in [-0.2, -0.15) is 9.64 Å². The first-order valence-electron chi connectivity index (χ1n) is 4.93. The molecule has 0 amide bonds. The van der Waals surface area contributed by atoms with Gasteiger partial charge < -0.3 is 0 Å². The number of nitrogens with zero attached hydrogens (tertiary/aromatic N) is 3. The molecule has 1 heterocycles. The van der Waals surface area contributed by atoms with Crippen LogP contribution in [-0.2, 0) is 6.42 Å². The average molecular weight is 282 g/mol. The lowest BCUT2D eigenvalue weighted by Crippen LogP contribution is -1.83. The van der Waals surface area contributed by atoms with E-state index in [1.165, 1.54) is 23.3 Å². The Kier molecular flexibility index (Phi) is 4.00. The van der Waals surface area contributed by atoms with Crippen molar-refractivity contribution in [2.75, 3.05) is 0 Å². The minimum absolute atomic E-state index is 0.604. The number of aryl methyl sites for hydroxylation is 1. The van der Waals surface area contributed by atoms with Crippen LogP contribution >= 0.6 is 34.9 Å². The molecule has 0 bridgehead atoms. The molecule has 86 valence electrons. The van der Waals surface area contributed by atoms with Crippen molar-refractivity contribution in [1.82, 2.24) is 9.36 Å². The van der Waals surface area contributed by atoms with Crippen LogP contribution in [0, 0.1) is 11.3 Å². The monoisotopic (exact) mass is 281 g/mol. The van der Waals surface area contributed by atoms with Crippen LogP contribution in [-0.4, -0.2) is 9.36 Å². The molecule has 0 saturated carbocycles. The van der Waals surface area contributed by atoms with Crippen LogP contribution in [0.25, 0.3) is 0 Å². The highest BCUT2D eigenvalue weighted by atomic mass is 35.5. The maximum atomic E-state index is 9.00. The molecule has 17 heavy (non-hydrogen) atoms. The first kappa shape index (κ1) is 12.4. The predicted molar refractivity (Wildman–Crippen MR) is 69.6 cm³/mol. The number of halogens is 1. The number of benzene rings is 1. The highest BCUT2D eigenvalue weighted by molar-refractivity contribution is 8.01. The highest BCUT2D eigenvalue weighted by Crippen LogP contribution is 2.33. The van der Waals surface area contributed by atoms with Crippen molar-refractivity contribution in [2.45, 2.75) is 22.6 Å². The maximum Gasteiger partial charge on any atom is 0.174 e. The van der Waals surface area contributed by atoms with Crippen LogP contribution in [0.15, 0.2) is 27.4 Å². The van der Waals surface area contributed by atoms with Crippen molar-refractivity contribution >= 4 is 34.9 Å². The Morgan fingerprint density at radius 3 is 3.00 bits per heavy atom. The zero-order valence-electron chi connectivity index (χ0n) is 8.98. The van der Waals surface area contributed by atoms with Crippen molar-refractivity contribution in [2.24, 2.45) is 0 Å². The molecule has 1 aromatic carbocycles. The van der Waals surface area contributed by atoms with Gasteiger partial charge in [0.15, 0.2) is 4.34 Å². The number of nitriles is 1. The smallest absolute Gasteiger partial charge is 0.174 e. The fourth-order valence-electron chi connectivity index (χ4n) is 1.19. The summed E-state index contributed by atoms with van der Waals surface area (Å²) in [6, 6.07) is 7.34. The maximum absolute atomic E-state index is 9.00. The summed E-state index contributed by atoms with van der Waals surface area (Å²) in [5, 5.41) is 9.62. The third kappa shape index (κ3) is 2.97. The molecule has 0 atom stereocenters. The summed E-state index contributed by atoms with van der Waals surface area (Å²) in [5.41, 5.74) is 0.604. The molecule has 0 unspecified atom stereocenters. The second-order valence-electron chi connectivity index (χ2n) is 3.18. The summed E-state index contributed by atoms with van der Waals surface area (Å²) in [6.45, 7) is 2.01. The summed E-state index contributed by atoms with van der Waals surface area (Å²) < 4.78 is 5.04. The van der Waals surface area contributed by atoms with Crippen LogP contribution in [0.2, 0.25) is 5.02 Å². The average Bonchev–Trinajstić information content (AvgIpc) is 2.77. The van der Waals surface area contributed by atoms with Gasteiger partial charge >= 0.3 is 0 Å². The molecule has 6 heteroatoms. The van der Waals surface area contributed by atoms with Crippen molar-refractivity contribution in [3.63, 3.8) is 0 Å². The Bertz CT molecular complexity index is 574. The van der Waals surface area contributed by atoms with Crippen LogP contribution in [0.3, 0.4) is 0 Å². The van der Waals surface area contributed by atoms with Gasteiger partial charge in [0.2, 0.25) is 0 Å². The first-order valence-corrected chi connectivity index (χ1v) is 6.89. The molecule has 0 aliphatic carbocycles. The SMILES string of the molecule is CCc1nsc(Sc2cc(Cl)ccc2C#N)n1. The van der Waals surface area contributed by atoms with Gasteiger partial charge in [0.1, 0.15) is 11.9 Å². The van der Waals surface area contributed by atoms with Gasteiger partial charge in [0.25, 0.3) is 0 Å². The Morgan fingerprint density at radius 2 is 2.35 bits per heavy atom. The number of aromatic nitrogens is 2. The summed E-state index contributed by atoms with van der Waals surface area (Å²) in [6.07, 6.45) is 0.817. The van der Waals surface area contributed by atoms with Gasteiger partial charge in [-0.15, -0.1) is 0 Å². The molecule has 0 aliphatic heterocycles. The molecule has 2 aromatic rings. The van der Waals surface area contributed by atoms with E-state index in [1.54, 1.807) is 18.2 Å². The molecule has 0 radical (unpaired) electrons. The molecule has 1 aromatic heterocycles. The Balaban J connectivity index is 2.29.